The van der Waals surface area contributed by atoms with Gasteiger partial charge in [0.1, 0.15) is 28.9 Å². The van der Waals surface area contributed by atoms with Crippen LogP contribution in [0.3, 0.4) is 0 Å². The van der Waals surface area contributed by atoms with Crippen molar-refractivity contribution in [3.63, 3.8) is 0 Å². The van der Waals surface area contributed by atoms with Gasteiger partial charge < -0.3 is 34.2 Å². The van der Waals surface area contributed by atoms with Crippen LogP contribution in [0.2, 0.25) is 0 Å². The van der Waals surface area contributed by atoms with Gasteiger partial charge in [0.05, 0.1) is 18.2 Å². The molecule has 2 aromatic carbocycles. The number of oxime groups is 1. The van der Waals surface area contributed by atoms with Crippen LogP contribution in [0.25, 0.3) is 0 Å². The van der Waals surface area contributed by atoms with Gasteiger partial charge >= 0.3 is 0 Å². The zero-order valence-corrected chi connectivity index (χ0v) is 38.7. The Morgan fingerprint density at radius 2 is 1.56 bits per heavy atom. The van der Waals surface area contributed by atoms with Gasteiger partial charge in [0, 0.05) is 44.6 Å². The van der Waals surface area contributed by atoms with Gasteiger partial charge in [-0.25, -0.2) is 0 Å². The Hall–Kier alpha value is -3.66. The zero-order valence-electron chi connectivity index (χ0n) is 38.7. The van der Waals surface area contributed by atoms with Crippen molar-refractivity contribution in [2.45, 2.75) is 174 Å². The van der Waals surface area contributed by atoms with Crippen molar-refractivity contribution >= 4 is 11.6 Å². The second-order valence-corrected chi connectivity index (χ2v) is 18.9. The molecule has 0 saturated heterocycles. The molecular weight excluding hydrogens is 765 g/mol. The number of fused-ring (bicyclic) bond motifs is 2. The molecule has 1 fully saturated rings. The zero-order chi connectivity index (χ0) is 44.0. The first kappa shape index (κ1) is 48.4. The normalized spacial score (nSPS) is 23.7. The highest BCUT2D eigenvalue weighted by atomic mass is 16.7. The van der Waals surface area contributed by atoms with Crippen LogP contribution in [-0.4, -0.2) is 71.0 Å². The molecule has 1 aliphatic heterocycles. The second kappa shape index (κ2) is 23.1. The average molecular weight is 843 g/mol. The van der Waals surface area contributed by atoms with Crippen LogP contribution in [0.15, 0.2) is 65.9 Å². The molecule has 1 amide bonds. The van der Waals surface area contributed by atoms with Crippen LogP contribution in [0, 0.1) is 31.6 Å². The molecule has 0 bridgehead atoms. The molecule has 0 spiro atoms. The third-order valence-corrected chi connectivity index (χ3v) is 13.1. The van der Waals surface area contributed by atoms with Crippen molar-refractivity contribution in [2.75, 3.05) is 26.9 Å². The van der Waals surface area contributed by atoms with Crippen LogP contribution in [0.1, 0.15) is 159 Å². The van der Waals surface area contributed by atoms with Gasteiger partial charge in [0.2, 0.25) is 11.7 Å². The fourth-order valence-electron chi connectivity index (χ4n) is 9.83. The first-order valence-corrected chi connectivity index (χ1v) is 23.6. The number of amides is 1. The number of aliphatic hydroxyl groups excluding tert-OH is 2. The number of likely N-dealkylation sites (N-methyl/N-ethyl adjacent to an activating group) is 1. The van der Waals surface area contributed by atoms with E-state index in [2.05, 4.69) is 51.6 Å². The summed E-state index contributed by atoms with van der Waals surface area (Å²) in [5.41, 5.74) is 4.72. The molecule has 1 saturated carbocycles. The minimum Gasteiger partial charge on any atom is -0.459 e. The summed E-state index contributed by atoms with van der Waals surface area (Å²) < 4.78 is 21.0. The Bertz CT molecular complexity index is 1780. The number of ether oxygens (including phenoxy) is 3. The maximum atomic E-state index is 14.4. The van der Waals surface area contributed by atoms with E-state index in [-0.39, 0.29) is 49.4 Å². The SMILES string of the molecule is C=CCOC12Oc3ccc(Oc4ccc(C)c(C)c4)cc3C3C(CCCCO)C(CCCCO)C=C(C(=NOC(C)(C)C)CC1N(C)C(=O)CCCCCCCCCCC)C32. The molecule has 2 aromatic rings. The molecule has 1 heterocycles. The molecule has 6 atom stereocenters. The molecule has 5 rings (SSSR count). The maximum absolute atomic E-state index is 14.4. The number of allylic oxidation sites excluding steroid dienone is 1. The molecule has 2 aliphatic carbocycles. The van der Waals surface area contributed by atoms with E-state index in [1.165, 1.54) is 44.1 Å². The number of aliphatic hydroxyl groups is 2. The van der Waals surface area contributed by atoms with Gasteiger partial charge in [-0.05, 0) is 126 Å². The van der Waals surface area contributed by atoms with Gasteiger partial charge in [-0.2, -0.15) is 0 Å². The highest BCUT2D eigenvalue weighted by Crippen LogP contribution is 2.62. The average Bonchev–Trinajstić information content (AvgIpc) is 3.23. The van der Waals surface area contributed by atoms with E-state index in [1.807, 2.05) is 50.9 Å². The summed E-state index contributed by atoms with van der Waals surface area (Å²) in [6.45, 7) is 17.0. The number of carbonyl (C=O) groups excluding carboxylic acids is 1. The lowest BCUT2D eigenvalue weighted by atomic mass is 9.55. The highest BCUT2D eigenvalue weighted by Gasteiger charge is 2.65. The number of benzene rings is 2. The summed E-state index contributed by atoms with van der Waals surface area (Å²) in [6.07, 6.45) is 20.6. The van der Waals surface area contributed by atoms with E-state index in [1.54, 1.807) is 6.08 Å². The first-order valence-electron chi connectivity index (χ1n) is 23.6. The Morgan fingerprint density at radius 3 is 2.21 bits per heavy atom. The predicted octanol–water partition coefficient (Wildman–Crippen LogP) is 11.9. The van der Waals surface area contributed by atoms with Crippen molar-refractivity contribution in [1.82, 2.24) is 4.90 Å². The summed E-state index contributed by atoms with van der Waals surface area (Å²) in [5.74, 6) is 0.837. The standard InChI is InChI=1S/C52H78N2O7/c1-9-11-12-13-14-15-16-17-18-25-48(57)54(8)47-36-45(53-61-51(5,6)7)43-34-39(23-19-21-30-55)42(24-20-22-31-56)49-44-35-41(59-40-27-26-37(3)38(4)33-40)28-29-46(44)60-52(47,50(43)49)58-32-10-2/h10,26-29,33-35,39,42,47,49-50,55-56H,2,9,11-25,30-32,36H2,1,3-8H3. The number of carbonyl (C=O) groups is 1. The quantitative estimate of drug-likeness (QED) is 0.0582. The van der Waals surface area contributed by atoms with Crippen LogP contribution >= 0.6 is 0 Å². The summed E-state index contributed by atoms with van der Waals surface area (Å²) in [7, 11) is 1.91. The summed E-state index contributed by atoms with van der Waals surface area (Å²) in [4.78, 5) is 22.5. The summed E-state index contributed by atoms with van der Waals surface area (Å²) in [5, 5.41) is 24.8. The maximum Gasteiger partial charge on any atom is 0.239 e. The molecule has 3 aliphatic rings. The fourth-order valence-corrected chi connectivity index (χ4v) is 9.83. The van der Waals surface area contributed by atoms with Crippen molar-refractivity contribution in [3.8, 4) is 17.2 Å². The van der Waals surface area contributed by atoms with E-state index in [0.717, 1.165) is 91.0 Å². The molecule has 0 aromatic heterocycles. The minimum absolute atomic E-state index is 0.0679. The van der Waals surface area contributed by atoms with Crippen molar-refractivity contribution in [2.24, 2.45) is 22.9 Å². The molecule has 2 N–H and O–H groups in total. The van der Waals surface area contributed by atoms with E-state index >= 15 is 0 Å². The fraction of sp³-hybridized carbons (Fsp3) is 0.654. The Morgan fingerprint density at radius 1 is 0.902 bits per heavy atom. The van der Waals surface area contributed by atoms with Crippen LogP contribution < -0.4 is 9.47 Å². The molecule has 9 nitrogen and oxygen atoms in total. The van der Waals surface area contributed by atoms with Gasteiger partial charge in [-0.3, -0.25) is 4.79 Å². The third-order valence-electron chi connectivity index (χ3n) is 13.1. The van der Waals surface area contributed by atoms with Gasteiger partial charge in [0.15, 0.2) is 0 Å². The lowest BCUT2D eigenvalue weighted by molar-refractivity contribution is -0.255. The van der Waals surface area contributed by atoms with E-state index in [9.17, 15) is 15.0 Å². The first-order chi connectivity index (χ1) is 29.4. The van der Waals surface area contributed by atoms with E-state index in [0.29, 0.717) is 19.3 Å². The monoisotopic (exact) mass is 843 g/mol. The number of hydrogen-bond donors (Lipinski definition) is 2. The van der Waals surface area contributed by atoms with Gasteiger partial charge in [0.25, 0.3) is 0 Å². The van der Waals surface area contributed by atoms with Gasteiger partial charge in [-0.15, -0.1) is 6.58 Å². The highest BCUT2D eigenvalue weighted by molar-refractivity contribution is 6.03. The molecule has 0 radical (unpaired) electrons. The third kappa shape index (κ3) is 12.5. The van der Waals surface area contributed by atoms with Crippen LogP contribution in [0.5, 0.6) is 17.2 Å². The molecule has 61 heavy (non-hydrogen) atoms. The second-order valence-electron chi connectivity index (χ2n) is 18.9. The molecule has 338 valence electrons. The van der Waals surface area contributed by atoms with Crippen LogP contribution in [-0.2, 0) is 14.4 Å². The summed E-state index contributed by atoms with van der Waals surface area (Å²) in [6, 6.07) is 11.8. The number of unbranched alkanes of at least 4 members (excludes halogenated alkanes) is 10. The number of hydrogen-bond acceptors (Lipinski definition) is 8. The smallest absolute Gasteiger partial charge is 0.239 e. The van der Waals surface area contributed by atoms with E-state index < -0.39 is 17.4 Å². The van der Waals surface area contributed by atoms with Crippen LogP contribution in [0.4, 0.5) is 0 Å². The number of rotatable bonds is 25. The van der Waals surface area contributed by atoms with Crippen molar-refractivity contribution in [3.05, 3.63) is 77.4 Å². The minimum atomic E-state index is -1.26. The van der Waals surface area contributed by atoms with Crippen molar-refractivity contribution < 1.29 is 34.1 Å². The predicted molar refractivity (Wildman–Crippen MR) is 246 cm³/mol. The molecular formula is C52H78N2O7. The number of nitrogens with zero attached hydrogens (tertiary/aromatic N) is 2. The Balaban J connectivity index is 1.62. The Labute approximate surface area is 368 Å². The van der Waals surface area contributed by atoms with E-state index in [4.69, 9.17) is 24.2 Å². The Kier molecular flexibility index (Phi) is 18.4. The summed E-state index contributed by atoms with van der Waals surface area (Å²) >= 11 is 0. The molecule has 6 unspecified atom stereocenters. The number of aryl methyl sites for hydroxylation is 2. The topological polar surface area (TPSA) is 110 Å². The van der Waals surface area contributed by atoms with Crippen molar-refractivity contribution in [1.29, 1.82) is 0 Å². The molecule has 9 heteroatoms. The lowest BCUT2D eigenvalue weighted by Crippen LogP contribution is -2.69. The largest absolute Gasteiger partial charge is 0.459 e. The van der Waals surface area contributed by atoms with Gasteiger partial charge in [-0.1, -0.05) is 94.5 Å². The lowest BCUT2D eigenvalue weighted by Gasteiger charge is -2.59.